The summed E-state index contributed by atoms with van der Waals surface area (Å²) in [6.07, 6.45) is 0. The Morgan fingerprint density at radius 1 is 0.197 bits per heavy atom. The Hall–Kier alpha value is -3.60. The van der Waals surface area contributed by atoms with Crippen molar-refractivity contribution in [2.45, 2.75) is 5.41 Å². The average Bonchev–Trinajstić information content (AvgIpc) is 4.12. The van der Waals surface area contributed by atoms with Crippen molar-refractivity contribution in [2.24, 2.45) is 0 Å². The lowest BCUT2D eigenvalue weighted by Gasteiger charge is -2.31. The first kappa shape index (κ1) is 39.0. The summed E-state index contributed by atoms with van der Waals surface area (Å²) in [7, 11) is 0. The lowest BCUT2D eigenvalue weighted by atomic mass is 9.81. The molecular formula is C49H28S12. The van der Waals surface area contributed by atoms with Gasteiger partial charge in [-0.3, -0.25) is 0 Å². The van der Waals surface area contributed by atoms with Crippen LogP contribution in [0.4, 0.5) is 0 Å². The third-order valence-corrected chi connectivity index (χ3v) is 24.6. The minimum absolute atomic E-state index is 0.513. The maximum Gasteiger partial charge on any atom is 0.107 e. The second-order valence-electron chi connectivity index (χ2n) is 14.0. The molecule has 0 fully saturated rings. The molecule has 296 valence electrons. The molecular weight excluding hydrogens is 973 g/mol. The quantitative estimate of drug-likeness (QED) is 0.114. The number of hydrogen-bond acceptors (Lipinski definition) is 12. The van der Waals surface area contributed by atoms with Crippen molar-refractivity contribution in [2.75, 3.05) is 0 Å². The van der Waals surface area contributed by atoms with Gasteiger partial charge in [0.15, 0.2) is 0 Å². The van der Waals surface area contributed by atoms with Crippen molar-refractivity contribution in [1.29, 1.82) is 0 Å². The lowest BCUT2D eigenvalue weighted by molar-refractivity contribution is 0.823. The van der Waals surface area contributed by atoms with Crippen LogP contribution in [0, 0.1) is 0 Å². The first-order valence-corrected chi connectivity index (χ1v) is 29.2. The fourth-order valence-corrected chi connectivity index (χ4v) is 20.6. The summed E-state index contributed by atoms with van der Waals surface area (Å²) in [5.41, 5.74) is -0.513. The van der Waals surface area contributed by atoms with Gasteiger partial charge < -0.3 is 0 Å². The van der Waals surface area contributed by atoms with Gasteiger partial charge in [0.1, 0.15) is 5.41 Å². The van der Waals surface area contributed by atoms with E-state index in [-0.39, 0.29) is 0 Å². The van der Waals surface area contributed by atoms with E-state index in [1.807, 2.05) is 136 Å². The standard InChI is InChI=1S/C49H28S12/c1-5-29(50-25-1)33-9-13-37(54-33)41-17-21-45(58-41)49(46-22-18-42(59-46)38-14-10-34(55-38)30-6-2-26-51-30,47-23-19-43(60-47)39-15-11-35(56-39)31-7-3-27-52-31)48-24-20-44(61-48)40-16-12-36(57-40)32-8-4-28-53-32/h1-28H. The van der Waals surface area contributed by atoms with Crippen LogP contribution in [-0.4, -0.2) is 0 Å². The highest BCUT2D eigenvalue weighted by molar-refractivity contribution is 7.29. The molecule has 12 aromatic rings. The fraction of sp³-hybridized carbons (Fsp3) is 0.0204. The highest BCUT2D eigenvalue weighted by Gasteiger charge is 2.44. The van der Waals surface area contributed by atoms with Gasteiger partial charge in [-0.1, -0.05) is 24.3 Å². The molecule has 12 heterocycles. The highest BCUT2D eigenvalue weighted by atomic mass is 32.1. The van der Waals surface area contributed by atoms with Crippen LogP contribution in [0.15, 0.2) is 167 Å². The summed E-state index contributed by atoms with van der Waals surface area (Å²) in [6.45, 7) is 0. The van der Waals surface area contributed by atoms with E-state index >= 15 is 0 Å². The predicted molar refractivity (Wildman–Crippen MR) is 283 cm³/mol. The van der Waals surface area contributed by atoms with Crippen molar-refractivity contribution in [3.8, 4) is 78.0 Å². The van der Waals surface area contributed by atoms with E-state index in [4.69, 9.17) is 0 Å². The van der Waals surface area contributed by atoms with Crippen LogP contribution in [0.5, 0.6) is 0 Å². The Kier molecular flexibility index (Phi) is 10.6. The summed E-state index contributed by atoms with van der Waals surface area (Å²) in [5.74, 6) is 0. The zero-order valence-corrected chi connectivity index (χ0v) is 41.4. The minimum Gasteiger partial charge on any atom is -0.143 e. The molecule has 0 atom stereocenters. The van der Waals surface area contributed by atoms with Gasteiger partial charge in [-0.15, -0.1) is 136 Å². The van der Waals surface area contributed by atoms with E-state index in [1.165, 1.54) is 97.5 Å². The van der Waals surface area contributed by atoms with Crippen LogP contribution >= 0.6 is 136 Å². The predicted octanol–water partition coefficient (Wildman–Crippen LogP) is 20.1. The molecule has 0 nitrogen and oxygen atoms in total. The molecule has 0 aliphatic rings. The van der Waals surface area contributed by atoms with Crippen LogP contribution in [0.2, 0.25) is 0 Å². The Morgan fingerprint density at radius 2 is 0.393 bits per heavy atom. The topological polar surface area (TPSA) is 0 Å². The minimum atomic E-state index is -0.513. The average molecular weight is 1000 g/mol. The fourth-order valence-electron chi connectivity index (χ4n) is 7.50. The summed E-state index contributed by atoms with van der Waals surface area (Å²) in [4.78, 5) is 26.6. The van der Waals surface area contributed by atoms with Gasteiger partial charge in [-0.05, 0) is 143 Å². The highest BCUT2D eigenvalue weighted by Crippen LogP contribution is 2.58. The van der Waals surface area contributed by atoms with Gasteiger partial charge in [-0.2, -0.15) is 0 Å². The normalized spacial score (nSPS) is 11.9. The molecule has 61 heavy (non-hydrogen) atoms. The molecule has 0 aromatic carbocycles. The monoisotopic (exact) mass is 1000 g/mol. The number of thiophene rings is 12. The molecule has 0 unspecified atom stereocenters. The number of rotatable bonds is 12. The van der Waals surface area contributed by atoms with Crippen LogP contribution in [0.3, 0.4) is 0 Å². The van der Waals surface area contributed by atoms with Crippen LogP contribution < -0.4 is 0 Å². The second-order valence-corrected chi connectivity index (χ2v) is 26.4. The largest absolute Gasteiger partial charge is 0.143 e. The first-order chi connectivity index (χ1) is 30.2. The van der Waals surface area contributed by atoms with E-state index in [1.54, 1.807) is 0 Å². The summed E-state index contributed by atoms with van der Waals surface area (Å²) < 4.78 is 0. The molecule has 0 radical (unpaired) electrons. The van der Waals surface area contributed by atoms with Gasteiger partial charge in [0.2, 0.25) is 0 Å². The molecule has 12 heteroatoms. The Bertz CT molecular complexity index is 2870. The summed E-state index contributed by atoms with van der Waals surface area (Å²) in [6, 6.07) is 55.2. The Labute approximate surface area is 401 Å². The van der Waals surface area contributed by atoms with Crippen LogP contribution in [0.25, 0.3) is 78.0 Å². The molecule has 0 N–H and O–H groups in total. The molecule has 0 saturated heterocycles. The zero-order chi connectivity index (χ0) is 40.3. The van der Waals surface area contributed by atoms with Crippen molar-refractivity contribution >= 4 is 136 Å². The van der Waals surface area contributed by atoms with Gasteiger partial charge in [0.25, 0.3) is 0 Å². The molecule has 0 spiro atoms. The van der Waals surface area contributed by atoms with Gasteiger partial charge >= 0.3 is 0 Å². The smallest absolute Gasteiger partial charge is 0.107 e. The zero-order valence-electron chi connectivity index (χ0n) is 31.6. The second kappa shape index (κ2) is 16.5. The summed E-state index contributed by atoms with van der Waals surface area (Å²) >= 11 is 22.7. The van der Waals surface area contributed by atoms with E-state index in [0.29, 0.717) is 0 Å². The maximum atomic E-state index is 2.43. The molecule has 0 saturated carbocycles. The van der Waals surface area contributed by atoms with Crippen molar-refractivity contribution in [1.82, 2.24) is 0 Å². The van der Waals surface area contributed by atoms with E-state index in [9.17, 15) is 0 Å². The van der Waals surface area contributed by atoms with Crippen molar-refractivity contribution in [3.05, 3.63) is 187 Å². The van der Waals surface area contributed by atoms with Crippen LogP contribution in [0.1, 0.15) is 19.5 Å². The lowest BCUT2D eigenvalue weighted by Crippen LogP contribution is -2.26. The van der Waals surface area contributed by atoms with E-state index in [2.05, 4.69) is 167 Å². The SMILES string of the molecule is c1csc(-c2ccc(-c3ccc(C(c4ccc(-c5ccc(-c6cccs6)s5)s4)(c4ccc(-c5ccc(-c6cccs6)s5)s4)c4ccc(-c5ccc(-c6cccs6)s5)s4)s3)s2)c1. The molecule has 0 amide bonds. The van der Waals surface area contributed by atoms with Gasteiger partial charge in [-0.25, -0.2) is 0 Å². The van der Waals surface area contributed by atoms with Gasteiger partial charge in [0.05, 0.1) is 0 Å². The molecule has 12 aromatic heterocycles. The van der Waals surface area contributed by atoms with Crippen molar-refractivity contribution in [3.63, 3.8) is 0 Å². The third-order valence-electron chi connectivity index (χ3n) is 10.4. The Balaban J connectivity index is 1.04. The van der Waals surface area contributed by atoms with Crippen molar-refractivity contribution < 1.29 is 0 Å². The first-order valence-electron chi connectivity index (χ1n) is 19.1. The van der Waals surface area contributed by atoms with Gasteiger partial charge in [0, 0.05) is 97.5 Å². The van der Waals surface area contributed by atoms with E-state index < -0.39 is 5.41 Å². The molecule has 12 rings (SSSR count). The maximum absolute atomic E-state index is 2.43. The molecule has 0 aliphatic carbocycles. The third kappa shape index (κ3) is 7.19. The Morgan fingerprint density at radius 3 is 0.607 bits per heavy atom. The molecule has 0 bridgehead atoms. The van der Waals surface area contributed by atoms with E-state index in [0.717, 1.165) is 0 Å². The molecule has 0 aliphatic heterocycles. The number of hydrogen-bond donors (Lipinski definition) is 0. The van der Waals surface area contributed by atoms with Crippen LogP contribution in [-0.2, 0) is 5.41 Å². The summed E-state index contributed by atoms with van der Waals surface area (Å²) in [5, 5.41) is 8.68.